The summed E-state index contributed by atoms with van der Waals surface area (Å²) in [5, 5.41) is 3.63. The largest absolute Gasteiger partial charge is 0.496 e. The first-order valence-corrected chi connectivity index (χ1v) is 8.81. The van der Waals surface area contributed by atoms with Crippen molar-refractivity contribution >= 4 is 17.5 Å². The number of benzene rings is 1. The van der Waals surface area contributed by atoms with Crippen LogP contribution in [0.5, 0.6) is 5.75 Å². The predicted molar refractivity (Wildman–Crippen MR) is 97.7 cm³/mol. The van der Waals surface area contributed by atoms with Gasteiger partial charge in [-0.3, -0.25) is 9.59 Å². The Balaban J connectivity index is 1.77. The second-order valence-electron chi connectivity index (χ2n) is 6.11. The number of nitrogens with one attached hydrogen (secondary N) is 1. The highest BCUT2D eigenvalue weighted by Gasteiger charge is 2.23. The molecule has 0 unspecified atom stereocenters. The number of carbonyl (C=O) groups excluding carboxylic acids is 1. The molecule has 0 saturated carbocycles. The molecule has 25 heavy (non-hydrogen) atoms. The number of hydrogen-bond donors (Lipinski definition) is 1. The van der Waals surface area contributed by atoms with Crippen LogP contribution in [0.25, 0.3) is 0 Å². The molecule has 2 aromatic rings. The summed E-state index contributed by atoms with van der Waals surface area (Å²) in [4.78, 5) is 24.9. The molecule has 0 atom stereocenters. The van der Waals surface area contributed by atoms with Crippen molar-refractivity contribution in [2.24, 2.45) is 0 Å². The average Bonchev–Trinajstić information content (AvgIpc) is 2.63. The van der Waals surface area contributed by atoms with Gasteiger partial charge in [-0.05, 0) is 43.4 Å². The monoisotopic (exact) mass is 360 g/mol. The minimum absolute atomic E-state index is 0.107. The topological polar surface area (TPSA) is 60.3 Å². The van der Waals surface area contributed by atoms with Crippen molar-refractivity contribution in [1.82, 2.24) is 9.88 Å². The van der Waals surface area contributed by atoms with Crippen molar-refractivity contribution in [3.63, 3.8) is 0 Å². The van der Waals surface area contributed by atoms with Crippen LogP contribution in [0.1, 0.15) is 34.5 Å². The SMILES string of the molecule is COc1cc(=O)n2c(c1C(=O)NCCc1ccc(Cl)cc1)CCCC2. The summed E-state index contributed by atoms with van der Waals surface area (Å²) < 4.78 is 7.00. The Morgan fingerprint density at radius 2 is 2.04 bits per heavy atom. The van der Waals surface area contributed by atoms with E-state index in [1.807, 2.05) is 24.3 Å². The van der Waals surface area contributed by atoms with E-state index in [9.17, 15) is 9.59 Å². The molecule has 0 saturated heterocycles. The number of hydrogen-bond acceptors (Lipinski definition) is 3. The Bertz CT molecular complexity index is 828. The van der Waals surface area contributed by atoms with Crippen LogP contribution >= 0.6 is 11.6 Å². The molecule has 1 aromatic heterocycles. The van der Waals surface area contributed by atoms with E-state index in [0.29, 0.717) is 42.3 Å². The van der Waals surface area contributed by atoms with Gasteiger partial charge in [0.1, 0.15) is 11.3 Å². The molecule has 1 aromatic carbocycles. The third-order valence-electron chi connectivity index (χ3n) is 4.49. The summed E-state index contributed by atoms with van der Waals surface area (Å²) in [6.45, 7) is 1.16. The summed E-state index contributed by atoms with van der Waals surface area (Å²) >= 11 is 5.88. The van der Waals surface area contributed by atoms with Crippen LogP contribution in [0.3, 0.4) is 0 Å². The second kappa shape index (κ2) is 7.74. The number of fused-ring (bicyclic) bond motifs is 1. The van der Waals surface area contributed by atoms with Gasteiger partial charge in [-0.25, -0.2) is 0 Å². The van der Waals surface area contributed by atoms with Crippen LogP contribution in [0.2, 0.25) is 5.02 Å². The highest BCUT2D eigenvalue weighted by atomic mass is 35.5. The van der Waals surface area contributed by atoms with Crippen LogP contribution in [0, 0.1) is 0 Å². The Kier molecular flexibility index (Phi) is 5.43. The number of carbonyl (C=O) groups is 1. The van der Waals surface area contributed by atoms with Gasteiger partial charge in [0.05, 0.1) is 7.11 Å². The summed E-state index contributed by atoms with van der Waals surface area (Å²) in [5.74, 6) is 0.151. The molecule has 0 bridgehead atoms. The van der Waals surface area contributed by atoms with Crippen molar-refractivity contribution in [3.05, 3.63) is 62.5 Å². The van der Waals surface area contributed by atoms with E-state index in [2.05, 4.69) is 5.32 Å². The fourth-order valence-corrected chi connectivity index (χ4v) is 3.33. The van der Waals surface area contributed by atoms with E-state index >= 15 is 0 Å². The molecule has 3 rings (SSSR count). The lowest BCUT2D eigenvalue weighted by Crippen LogP contribution is -2.33. The summed E-state index contributed by atoms with van der Waals surface area (Å²) in [5.41, 5.74) is 2.25. The highest BCUT2D eigenvalue weighted by Crippen LogP contribution is 2.24. The molecule has 1 N–H and O–H groups in total. The number of rotatable bonds is 5. The third-order valence-corrected chi connectivity index (χ3v) is 4.74. The van der Waals surface area contributed by atoms with Crippen molar-refractivity contribution in [3.8, 4) is 5.75 Å². The first-order chi connectivity index (χ1) is 12.1. The maximum absolute atomic E-state index is 12.7. The minimum Gasteiger partial charge on any atom is -0.496 e. The maximum atomic E-state index is 12.7. The van der Waals surface area contributed by atoms with Gasteiger partial charge in [-0.1, -0.05) is 23.7 Å². The second-order valence-corrected chi connectivity index (χ2v) is 6.55. The molecule has 0 spiro atoms. The number of nitrogens with zero attached hydrogens (tertiary/aromatic N) is 1. The summed E-state index contributed by atoms with van der Waals surface area (Å²) in [6, 6.07) is 8.96. The summed E-state index contributed by atoms with van der Waals surface area (Å²) in [7, 11) is 1.49. The number of ether oxygens (including phenoxy) is 1. The molecule has 6 heteroatoms. The smallest absolute Gasteiger partial charge is 0.256 e. The molecule has 5 nitrogen and oxygen atoms in total. The summed E-state index contributed by atoms with van der Waals surface area (Å²) in [6.07, 6.45) is 3.35. The molecular formula is C19H21ClN2O3. The molecule has 1 aliphatic heterocycles. The van der Waals surface area contributed by atoms with Gasteiger partial charge in [0.15, 0.2) is 0 Å². The molecule has 0 radical (unpaired) electrons. The van der Waals surface area contributed by atoms with E-state index < -0.39 is 0 Å². The average molecular weight is 361 g/mol. The molecule has 1 amide bonds. The van der Waals surface area contributed by atoms with Crippen LogP contribution in [0.15, 0.2) is 35.1 Å². The zero-order chi connectivity index (χ0) is 17.8. The van der Waals surface area contributed by atoms with Crippen LogP contribution in [-0.4, -0.2) is 24.1 Å². The fraction of sp³-hybridized carbons (Fsp3) is 0.368. The molecule has 132 valence electrons. The van der Waals surface area contributed by atoms with E-state index in [1.165, 1.54) is 13.2 Å². The minimum atomic E-state index is -0.198. The lowest BCUT2D eigenvalue weighted by molar-refractivity contribution is 0.0948. The Labute approximate surface area is 151 Å². The molecule has 2 heterocycles. The Morgan fingerprint density at radius 3 is 2.76 bits per heavy atom. The van der Waals surface area contributed by atoms with Gasteiger partial charge in [-0.2, -0.15) is 0 Å². The highest BCUT2D eigenvalue weighted by molar-refractivity contribution is 6.30. The van der Waals surface area contributed by atoms with Gasteiger partial charge in [0.25, 0.3) is 11.5 Å². The van der Waals surface area contributed by atoms with E-state index in [-0.39, 0.29) is 11.5 Å². The van der Waals surface area contributed by atoms with E-state index in [0.717, 1.165) is 24.1 Å². The lowest BCUT2D eigenvalue weighted by atomic mass is 10.0. The van der Waals surface area contributed by atoms with Crippen LogP contribution < -0.4 is 15.6 Å². The van der Waals surface area contributed by atoms with Gasteiger partial charge in [0, 0.05) is 29.9 Å². The van der Waals surface area contributed by atoms with E-state index in [1.54, 1.807) is 4.57 Å². The molecular weight excluding hydrogens is 340 g/mol. The van der Waals surface area contributed by atoms with Crippen molar-refractivity contribution in [2.45, 2.75) is 32.2 Å². The third kappa shape index (κ3) is 3.87. The zero-order valence-electron chi connectivity index (χ0n) is 14.2. The van der Waals surface area contributed by atoms with Crippen LogP contribution in [-0.2, 0) is 19.4 Å². The lowest BCUT2D eigenvalue weighted by Gasteiger charge is -2.22. The zero-order valence-corrected chi connectivity index (χ0v) is 14.9. The molecule has 1 aliphatic rings. The first-order valence-electron chi connectivity index (χ1n) is 8.43. The molecule has 0 fully saturated rings. The first kappa shape index (κ1) is 17.5. The van der Waals surface area contributed by atoms with Crippen molar-refractivity contribution in [1.29, 1.82) is 0 Å². The van der Waals surface area contributed by atoms with Gasteiger partial charge >= 0.3 is 0 Å². The van der Waals surface area contributed by atoms with Gasteiger partial charge in [-0.15, -0.1) is 0 Å². The number of halogens is 1. The molecule has 0 aliphatic carbocycles. The van der Waals surface area contributed by atoms with Gasteiger partial charge in [0.2, 0.25) is 0 Å². The van der Waals surface area contributed by atoms with Crippen molar-refractivity contribution in [2.75, 3.05) is 13.7 Å². The standard InChI is InChI=1S/C19H21ClN2O3/c1-25-16-12-17(23)22-11-3-2-4-15(22)18(16)19(24)21-10-9-13-5-7-14(20)8-6-13/h5-8,12H,2-4,9-11H2,1H3,(H,21,24). The van der Waals surface area contributed by atoms with Crippen molar-refractivity contribution < 1.29 is 9.53 Å². The quantitative estimate of drug-likeness (QED) is 0.891. The Morgan fingerprint density at radius 1 is 1.28 bits per heavy atom. The number of pyridine rings is 1. The normalized spacial score (nSPS) is 13.2. The van der Waals surface area contributed by atoms with Gasteiger partial charge < -0.3 is 14.6 Å². The fourth-order valence-electron chi connectivity index (χ4n) is 3.20. The number of amides is 1. The number of methoxy groups -OCH3 is 1. The predicted octanol–water partition coefficient (Wildman–Crippen LogP) is 2.82. The Hall–Kier alpha value is -2.27. The van der Waals surface area contributed by atoms with E-state index in [4.69, 9.17) is 16.3 Å². The number of aromatic nitrogens is 1. The maximum Gasteiger partial charge on any atom is 0.256 e. The van der Waals surface area contributed by atoms with Crippen LogP contribution in [0.4, 0.5) is 0 Å².